The summed E-state index contributed by atoms with van der Waals surface area (Å²) in [5.74, 6) is 0.720. The third kappa shape index (κ3) is 3.45. The minimum absolute atomic E-state index is 0.483. The second-order valence-electron chi connectivity index (χ2n) is 14.1. The van der Waals surface area contributed by atoms with Crippen molar-refractivity contribution in [1.29, 1.82) is 0 Å². The number of benzene rings is 8. The third-order valence-electron chi connectivity index (χ3n) is 11.6. The number of fused-ring (bicyclic) bond motifs is 14. The van der Waals surface area contributed by atoms with Crippen LogP contribution in [0.15, 0.2) is 176 Å². The number of rotatable bonds is 2. The van der Waals surface area contributed by atoms with E-state index < -0.39 is 5.41 Å². The monoisotopic (exact) mass is 659 g/mol. The molecular formula is C49H29N3. The summed E-state index contributed by atoms with van der Waals surface area (Å²) in [5.41, 5.74) is 15.0. The van der Waals surface area contributed by atoms with E-state index in [1.807, 2.05) is 0 Å². The SMILES string of the molecule is c1ccc2c(c1)-c1ccccc1C21c2ccc(-c3nc(-c4cccc5ccccc45)c4ccccc4n3)cc2-n2c3ccccc3c3cccc1c32. The van der Waals surface area contributed by atoms with Gasteiger partial charge >= 0.3 is 0 Å². The Balaban J connectivity index is 1.20. The molecule has 240 valence electrons. The van der Waals surface area contributed by atoms with Crippen LogP contribution in [0, 0.1) is 0 Å². The molecule has 2 aliphatic rings. The average molecular weight is 660 g/mol. The molecule has 0 bridgehead atoms. The molecule has 1 spiro atoms. The fourth-order valence-electron chi connectivity index (χ4n) is 9.55. The second kappa shape index (κ2) is 10.1. The third-order valence-corrected chi connectivity index (χ3v) is 11.6. The van der Waals surface area contributed by atoms with E-state index in [2.05, 4.69) is 180 Å². The molecule has 2 aromatic heterocycles. The van der Waals surface area contributed by atoms with Crippen molar-refractivity contribution in [3.63, 3.8) is 0 Å². The van der Waals surface area contributed by atoms with Gasteiger partial charge in [0, 0.05) is 27.3 Å². The summed E-state index contributed by atoms with van der Waals surface area (Å²) < 4.78 is 2.50. The van der Waals surface area contributed by atoms with Gasteiger partial charge in [0.1, 0.15) is 0 Å². The first-order valence-corrected chi connectivity index (χ1v) is 17.9. The molecule has 1 aliphatic carbocycles. The number of hydrogen-bond donors (Lipinski definition) is 0. The molecule has 0 fully saturated rings. The summed E-state index contributed by atoms with van der Waals surface area (Å²) >= 11 is 0. The van der Waals surface area contributed by atoms with Gasteiger partial charge in [-0.1, -0.05) is 158 Å². The van der Waals surface area contributed by atoms with Crippen LogP contribution in [0.25, 0.3) is 82.9 Å². The molecule has 3 heterocycles. The van der Waals surface area contributed by atoms with Crippen molar-refractivity contribution < 1.29 is 0 Å². The molecule has 10 aromatic rings. The highest BCUT2D eigenvalue weighted by Crippen LogP contribution is 2.61. The Morgan fingerprint density at radius 2 is 1.04 bits per heavy atom. The Morgan fingerprint density at radius 1 is 0.423 bits per heavy atom. The maximum atomic E-state index is 5.42. The van der Waals surface area contributed by atoms with Crippen molar-refractivity contribution in [2.24, 2.45) is 0 Å². The summed E-state index contributed by atoms with van der Waals surface area (Å²) in [5, 5.41) is 5.95. The lowest BCUT2D eigenvalue weighted by atomic mass is 9.65. The summed E-state index contributed by atoms with van der Waals surface area (Å²) in [7, 11) is 0. The fourth-order valence-corrected chi connectivity index (χ4v) is 9.55. The smallest absolute Gasteiger partial charge is 0.160 e. The van der Waals surface area contributed by atoms with Crippen LogP contribution in [-0.2, 0) is 5.41 Å². The first kappa shape index (κ1) is 27.9. The Bertz CT molecular complexity index is 3100. The first-order valence-electron chi connectivity index (χ1n) is 17.9. The van der Waals surface area contributed by atoms with Crippen molar-refractivity contribution in [1.82, 2.24) is 14.5 Å². The zero-order chi connectivity index (χ0) is 34.0. The van der Waals surface area contributed by atoms with E-state index in [4.69, 9.17) is 9.97 Å². The molecule has 0 saturated carbocycles. The van der Waals surface area contributed by atoms with Gasteiger partial charge in [0.05, 0.1) is 33.3 Å². The molecule has 0 atom stereocenters. The van der Waals surface area contributed by atoms with Crippen LogP contribution in [0.5, 0.6) is 0 Å². The Kier molecular flexibility index (Phi) is 5.43. The highest BCUT2D eigenvalue weighted by atomic mass is 15.0. The maximum absolute atomic E-state index is 5.42. The minimum atomic E-state index is -0.483. The molecule has 0 N–H and O–H groups in total. The lowest BCUT2D eigenvalue weighted by Crippen LogP contribution is -2.33. The summed E-state index contributed by atoms with van der Waals surface area (Å²) in [6.45, 7) is 0. The lowest BCUT2D eigenvalue weighted by Gasteiger charge is -2.39. The highest BCUT2D eigenvalue weighted by molar-refractivity contribution is 6.13. The van der Waals surface area contributed by atoms with E-state index in [1.54, 1.807) is 0 Å². The van der Waals surface area contributed by atoms with E-state index in [0.29, 0.717) is 0 Å². The van der Waals surface area contributed by atoms with Crippen LogP contribution < -0.4 is 0 Å². The topological polar surface area (TPSA) is 30.7 Å². The van der Waals surface area contributed by atoms with Gasteiger partial charge in [-0.25, -0.2) is 9.97 Å². The molecule has 1 aliphatic heterocycles. The molecule has 0 amide bonds. The van der Waals surface area contributed by atoms with Crippen LogP contribution in [0.2, 0.25) is 0 Å². The minimum Gasteiger partial charge on any atom is -0.309 e. The number of hydrogen-bond acceptors (Lipinski definition) is 2. The number of para-hydroxylation sites is 3. The summed E-state index contributed by atoms with van der Waals surface area (Å²) in [4.78, 5) is 10.7. The quantitative estimate of drug-likeness (QED) is 0.185. The van der Waals surface area contributed by atoms with Gasteiger partial charge in [-0.2, -0.15) is 0 Å². The zero-order valence-electron chi connectivity index (χ0n) is 28.1. The van der Waals surface area contributed by atoms with Crippen molar-refractivity contribution in [3.05, 3.63) is 198 Å². The Labute approximate surface area is 300 Å². The fraction of sp³-hybridized carbons (Fsp3) is 0.0204. The molecule has 0 unspecified atom stereocenters. The first-order chi connectivity index (χ1) is 25.8. The van der Waals surface area contributed by atoms with Gasteiger partial charge in [-0.3, -0.25) is 0 Å². The molecule has 0 saturated heterocycles. The van der Waals surface area contributed by atoms with Gasteiger partial charge in [-0.05, 0) is 62.4 Å². The van der Waals surface area contributed by atoms with Crippen LogP contribution in [0.1, 0.15) is 22.3 Å². The molecule has 3 heteroatoms. The van der Waals surface area contributed by atoms with Crippen LogP contribution in [0.3, 0.4) is 0 Å². The highest BCUT2D eigenvalue weighted by Gasteiger charge is 2.50. The molecular weight excluding hydrogens is 631 g/mol. The Hall–Kier alpha value is -6.84. The van der Waals surface area contributed by atoms with E-state index in [-0.39, 0.29) is 0 Å². The number of aromatic nitrogens is 3. The zero-order valence-corrected chi connectivity index (χ0v) is 28.1. The molecule has 8 aromatic carbocycles. The molecule has 0 radical (unpaired) electrons. The van der Waals surface area contributed by atoms with Gasteiger partial charge in [0.15, 0.2) is 5.82 Å². The van der Waals surface area contributed by atoms with Gasteiger partial charge in [0.2, 0.25) is 0 Å². The Morgan fingerprint density at radius 3 is 1.88 bits per heavy atom. The van der Waals surface area contributed by atoms with E-state index in [1.165, 1.54) is 66.0 Å². The van der Waals surface area contributed by atoms with E-state index in [9.17, 15) is 0 Å². The standard InChI is InChI=1S/C49H29N3/c1-2-15-32-30(13-1)14-11-20-36(32)46-38-19-5-9-25-43(38)50-48(51-46)31-27-28-41-45(29-31)52-44-26-10-6-18-35(44)37-21-12-24-42(47(37)52)49(41)39-22-7-3-16-33(39)34-17-4-8-23-40(34)49/h1-29H. The second-order valence-corrected chi connectivity index (χ2v) is 14.1. The van der Waals surface area contributed by atoms with Crippen molar-refractivity contribution in [3.8, 4) is 39.5 Å². The molecule has 52 heavy (non-hydrogen) atoms. The van der Waals surface area contributed by atoms with Crippen LogP contribution in [0.4, 0.5) is 0 Å². The van der Waals surface area contributed by atoms with Crippen molar-refractivity contribution >= 4 is 43.5 Å². The largest absolute Gasteiger partial charge is 0.309 e. The number of nitrogens with zero attached hydrogens (tertiary/aromatic N) is 3. The van der Waals surface area contributed by atoms with Gasteiger partial charge < -0.3 is 4.57 Å². The summed E-state index contributed by atoms with van der Waals surface area (Å²) in [6.07, 6.45) is 0. The van der Waals surface area contributed by atoms with Crippen molar-refractivity contribution in [2.75, 3.05) is 0 Å². The predicted molar refractivity (Wildman–Crippen MR) is 213 cm³/mol. The predicted octanol–water partition coefficient (Wildman–Crippen LogP) is 11.9. The van der Waals surface area contributed by atoms with E-state index in [0.717, 1.165) is 39.2 Å². The molecule has 12 rings (SSSR count). The van der Waals surface area contributed by atoms with Gasteiger partial charge in [-0.15, -0.1) is 0 Å². The van der Waals surface area contributed by atoms with Crippen LogP contribution >= 0.6 is 0 Å². The van der Waals surface area contributed by atoms with Crippen molar-refractivity contribution in [2.45, 2.75) is 5.41 Å². The molecule has 3 nitrogen and oxygen atoms in total. The summed E-state index contributed by atoms with van der Waals surface area (Å²) in [6, 6.07) is 64.1. The van der Waals surface area contributed by atoms with Crippen LogP contribution in [-0.4, -0.2) is 14.5 Å². The lowest BCUT2D eigenvalue weighted by molar-refractivity contribution is 0.748. The van der Waals surface area contributed by atoms with Gasteiger partial charge in [0.25, 0.3) is 0 Å². The maximum Gasteiger partial charge on any atom is 0.160 e. The van der Waals surface area contributed by atoms with E-state index >= 15 is 0 Å². The average Bonchev–Trinajstić information content (AvgIpc) is 3.71. The normalized spacial score (nSPS) is 13.5.